The summed E-state index contributed by atoms with van der Waals surface area (Å²) >= 11 is 0. The fourth-order valence-corrected chi connectivity index (χ4v) is 3.84. The van der Waals surface area contributed by atoms with Crippen molar-refractivity contribution < 1.29 is 0 Å². The molecule has 1 heteroatoms. The molecule has 0 heterocycles. The van der Waals surface area contributed by atoms with Crippen LogP contribution in [-0.2, 0) is 0 Å². The molecule has 1 aliphatic rings. The van der Waals surface area contributed by atoms with Crippen LogP contribution in [0, 0.1) is 23.2 Å². The Balaban J connectivity index is 2.41. The van der Waals surface area contributed by atoms with E-state index in [1.54, 1.807) is 0 Å². The lowest BCUT2D eigenvalue weighted by atomic mass is 9.73. The highest BCUT2D eigenvalue weighted by Gasteiger charge is 2.27. The minimum Gasteiger partial charge on any atom is -0.314 e. The van der Waals surface area contributed by atoms with Crippen LogP contribution < -0.4 is 5.32 Å². The highest BCUT2D eigenvalue weighted by atomic mass is 14.9. The number of hydrogen-bond donors (Lipinski definition) is 1. The Morgan fingerprint density at radius 2 is 1.61 bits per heavy atom. The van der Waals surface area contributed by atoms with Crippen LogP contribution in [0.2, 0.25) is 0 Å². The lowest BCUT2D eigenvalue weighted by Crippen LogP contribution is -2.40. The molecule has 0 amide bonds. The third kappa shape index (κ3) is 5.30. The topological polar surface area (TPSA) is 12.0 Å². The van der Waals surface area contributed by atoms with Gasteiger partial charge in [0, 0.05) is 6.04 Å². The van der Waals surface area contributed by atoms with Gasteiger partial charge in [0.1, 0.15) is 0 Å². The molecule has 18 heavy (non-hydrogen) atoms. The number of rotatable bonds is 5. The second-order valence-electron chi connectivity index (χ2n) is 7.84. The molecule has 0 aromatic rings. The molecule has 3 unspecified atom stereocenters. The predicted molar refractivity (Wildman–Crippen MR) is 81.8 cm³/mol. The molecule has 0 spiro atoms. The Kier molecular flexibility index (Phi) is 6.17. The van der Waals surface area contributed by atoms with E-state index in [0.29, 0.717) is 11.5 Å². The van der Waals surface area contributed by atoms with Gasteiger partial charge in [0.15, 0.2) is 0 Å². The van der Waals surface area contributed by atoms with E-state index in [4.69, 9.17) is 0 Å². The predicted octanol–water partition coefficient (Wildman–Crippen LogP) is 4.86. The fourth-order valence-electron chi connectivity index (χ4n) is 3.84. The van der Waals surface area contributed by atoms with E-state index in [-0.39, 0.29) is 0 Å². The van der Waals surface area contributed by atoms with Crippen molar-refractivity contribution in [2.45, 2.75) is 79.7 Å². The van der Waals surface area contributed by atoms with Crippen molar-refractivity contribution in [3.63, 3.8) is 0 Å². The van der Waals surface area contributed by atoms with Crippen molar-refractivity contribution in [1.29, 1.82) is 0 Å². The molecule has 0 radical (unpaired) electrons. The zero-order valence-electron chi connectivity index (χ0n) is 13.6. The van der Waals surface area contributed by atoms with Gasteiger partial charge in [-0.2, -0.15) is 0 Å². The van der Waals surface area contributed by atoms with Crippen LogP contribution in [0.25, 0.3) is 0 Å². The van der Waals surface area contributed by atoms with E-state index in [1.807, 2.05) is 0 Å². The Bertz CT molecular complexity index is 218. The molecular weight excluding hydrogens is 218 g/mol. The lowest BCUT2D eigenvalue weighted by Gasteiger charge is -2.35. The molecular formula is C17H35N. The van der Waals surface area contributed by atoms with Gasteiger partial charge in [0.05, 0.1) is 0 Å². The third-order valence-electron chi connectivity index (χ3n) is 4.64. The van der Waals surface area contributed by atoms with E-state index < -0.39 is 0 Å². The quantitative estimate of drug-likeness (QED) is 0.737. The van der Waals surface area contributed by atoms with Crippen LogP contribution in [-0.4, -0.2) is 12.6 Å². The van der Waals surface area contributed by atoms with Gasteiger partial charge in [0.25, 0.3) is 0 Å². The summed E-state index contributed by atoms with van der Waals surface area (Å²) in [6.45, 7) is 15.3. The molecule has 0 aliphatic heterocycles. The minimum absolute atomic E-state index is 0.391. The summed E-state index contributed by atoms with van der Waals surface area (Å²) in [5, 5.41) is 3.68. The van der Waals surface area contributed by atoms with E-state index in [0.717, 1.165) is 24.3 Å². The highest BCUT2D eigenvalue weighted by Crippen LogP contribution is 2.36. The van der Waals surface area contributed by atoms with E-state index in [2.05, 4.69) is 46.9 Å². The maximum atomic E-state index is 3.68. The Morgan fingerprint density at radius 1 is 1.06 bits per heavy atom. The molecule has 0 aromatic heterocycles. The third-order valence-corrected chi connectivity index (χ3v) is 4.64. The molecule has 1 N–H and O–H groups in total. The van der Waals surface area contributed by atoms with Crippen molar-refractivity contribution in [2.24, 2.45) is 23.2 Å². The molecule has 108 valence electrons. The summed E-state index contributed by atoms with van der Waals surface area (Å²) in [6.07, 6.45) is 7.15. The van der Waals surface area contributed by atoms with Crippen LogP contribution in [0.15, 0.2) is 0 Å². The Morgan fingerprint density at radius 3 is 2.06 bits per heavy atom. The summed E-state index contributed by atoms with van der Waals surface area (Å²) in [4.78, 5) is 0. The van der Waals surface area contributed by atoms with E-state index in [1.165, 1.54) is 32.1 Å². The van der Waals surface area contributed by atoms with Gasteiger partial charge in [-0.25, -0.2) is 0 Å². The molecule has 1 fully saturated rings. The van der Waals surface area contributed by atoms with Gasteiger partial charge in [-0.05, 0) is 61.8 Å². The Labute approximate surface area is 115 Å². The molecule has 1 nitrogen and oxygen atoms in total. The second kappa shape index (κ2) is 6.93. The molecule has 1 saturated carbocycles. The van der Waals surface area contributed by atoms with Gasteiger partial charge >= 0.3 is 0 Å². The zero-order chi connectivity index (χ0) is 13.8. The van der Waals surface area contributed by atoms with Gasteiger partial charge in [-0.15, -0.1) is 0 Å². The van der Waals surface area contributed by atoms with Crippen LogP contribution in [0.3, 0.4) is 0 Å². The lowest BCUT2D eigenvalue weighted by molar-refractivity contribution is 0.183. The van der Waals surface area contributed by atoms with Crippen LogP contribution in [0.5, 0.6) is 0 Å². The van der Waals surface area contributed by atoms with Crippen molar-refractivity contribution in [3.05, 3.63) is 0 Å². The number of hydrogen-bond acceptors (Lipinski definition) is 1. The van der Waals surface area contributed by atoms with Crippen LogP contribution in [0.4, 0.5) is 0 Å². The second-order valence-corrected chi connectivity index (χ2v) is 7.84. The maximum Gasteiger partial charge on any atom is 0.0116 e. The first-order valence-corrected chi connectivity index (χ1v) is 8.06. The zero-order valence-corrected chi connectivity index (χ0v) is 13.6. The van der Waals surface area contributed by atoms with Crippen LogP contribution in [0.1, 0.15) is 73.6 Å². The summed E-state index contributed by atoms with van der Waals surface area (Å²) < 4.78 is 0. The van der Waals surface area contributed by atoms with Crippen molar-refractivity contribution >= 4 is 0 Å². The Hall–Kier alpha value is -0.0400. The fraction of sp³-hybridized carbons (Fsp3) is 1.00. The molecule has 0 bridgehead atoms. The van der Waals surface area contributed by atoms with Gasteiger partial charge in [0.2, 0.25) is 0 Å². The van der Waals surface area contributed by atoms with Gasteiger partial charge in [-0.1, -0.05) is 41.5 Å². The molecule has 3 atom stereocenters. The standard InChI is InChI=1S/C17H35N/c1-7-18-16(17(4,5)6)9-8-15-11-13(2)10-14(3)12-15/h13-16,18H,7-12H2,1-6H3. The minimum atomic E-state index is 0.391. The van der Waals surface area contributed by atoms with Crippen molar-refractivity contribution in [3.8, 4) is 0 Å². The first-order chi connectivity index (χ1) is 8.32. The normalized spacial score (nSPS) is 31.3. The smallest absolute Gasteiger partial charge is 0.0116 e. The van der Waals surface area contributed by atoms with Crippen molar-refractivity contribution in [1.82, 2.24) is 5.32 Å². The van der Waals surface area contributed by atoms with Crippen molar-refractivity contribution in [2.75, 3.05) is 6.54 Å². The molecule has 1 rings (SSSR count). The number of nitrogens with one attached hydrogen (secondary N) is 1. The summed E-state index contributed by atoms with van der Waals surface area (Å²) in [6, 6.07) is 0.676. The highest BCUT2D eigenvalue weighted by molar-refractivity contribution is 4.82. The van der Waals surface area contributed by atoms with Crippen LogP contribution >= 0.6 is 0 Å². The summed E-state index contributed by atoms with van der Waals surface area (Å²) in [7, 11) is 0. The largest absolute Gasteiger partial charge is 0.314 e. The first-order valence-electron chi connectivity index (χ1n) is 8.06. The maximum absolute atomic E-state index is 3.68. The summed E-state index contributed by atoms with van der Waals surface area (Å²) in [5.41, 5.74) is 0.391. The molecule has 0 saturated heterocycles. The van der Waals surface area contributed by atoms with E-state index in [9.17, 15) is 0 Å². The molecule has 1 aliphatic carbocycles. The summed E-state index contributed by atoms with van der Waals surface area (Å²) in [5.74, 6) is 2.88. The SMILES string of the molecule is CCNC(CCC1CC(C)CC(C)C1)C(C)(C)C. The average Bonchev–Trinajstić information content (AvgIpc) is 2.21. The first kappa shape index (κ1) is 16.0. The van der Waals surface area contributed by atoms with E-state index >= 15 is 0 Å². The average molecular weight is 253 g/mol. The molecule has 0 aromatic carbocycles. The van der Waals surface area contributed by atoms with Gasteiger partial charge < -0.3 is 5.32 Å². The monoisotopic (exact) mass is 253 g/mol. The van der Waals surface area contributed by atoms with Gasteiger partial charge in [-0.3, -0.25) is 0 Å².